The average molecular weight is 397 g/mol. The maximum Gasteiger partial charge on any atom is 0.167 e. The molecule has 1 saturated heterocycles. The van der Waals surface area contributed by atoms with Crippen molar-refractivity contribution in [3.63, 3.8) is 0 Å². The summed E-state index contributed by atoms with van der Waals surface area (Å²) in [6, 6.07) is 24.6. The fourth-order valence-corrected chi connectivity index (χ4v) is 3.07. The summed E-state index contributed by atoms with van der Waals surface area (Å²) in [5.41, 5.74) is 2.27. The van der Waals surface area contributed by atoms with E-state index in [0.717, 1.165) is 17.7 Å². The molecule has 1 aliphatic rings. The van der Waals surface area contributed by atoms with E-state index in [-0.39, 0.29) is 11.9 Å². The highest BCUT2D eigenvalue weighted by Crippen LogP contribution is 2.33. The Morgan fingerprint density at radius 1 is 0.800 bits per heavy atom. The van der Waals surface area contributed by atoms with Crippen molar-refractivity contribution in [3.8, 4) is 45.7 Å². The number of aromatic nitrogens is 3. The highest BCUT2D eigenvalue weighted by Gasteiger charge is 2.23. The van der Waals surface area contributed by atoms with E-state index in [4.69, 9.17) is 9.47 Å². The second-order valence-electron chi connectivity index (χ2n) is 6.98. The second-order valence-corrected chi connectivity index (χ2v) is 6.98. The molecule has 6 nitrogen and oxygen atoms in total. The molecule has 0 amide bonds. The van der Waals surface area contributed by atoms with Gasteiger partial charge in [0.2, 0.25) is 0 Å². The predicted molar refractivity (Wildman–Crippen MR) is 113 cm³/mol. The molecule has 5 rings (SSSR count). The van der Waals surface area contributed by atoms with Crippen molar-refractivity contribution in [2.75, 3.05) is 13.2 Å². The largest absolute Gasteiger partial charge is 0.507 e. The SMILES string of the molecule is Oc1cc(OCC2CO2)ccc1-c1nc(-c2ccccc2)nc(-c2ccccc2)n1. The zero-order valence-electron chi connectivity index (χ0n) is 16.1. The summed E-state index contributed by atoms with van der Waals surface area (Å²) in [6.07, 6.45) is 0.150. The molecule has 4 aromatic rings. The van der Waals surface area contributed by atoms with Crippen molar-refractivity contribution >= 4 is 0 Å². The first kappa shape index (κ1) is 18.3. The van der Waals surface area contributed by atoms with Gasteiger partial charge in [-0.2, -0.15) is 0 Å². The van der Waals surface area contributed by atoms with Gasteiger partial charge in [0.05, 0.1) is 12.2 Å². The Morgan fingerprint density at radius 2 is 1.37 bits per heavy atom. The molecule has 0 spiro atoms. The average Bonchev–Trinajstić information content (AvgIpc) is 3.63. The van der Waals surface area contributed by atoms with Crippen LogP contribution in [0.15, 0.2) is 78.9 Å². The Hall–Kier alpha value is -3.77. The van der Waals surface area contributed by atoms with Crippen molar-refractivity contribution < 1.29 is 14.6 Å². The van der Waals surface area contributed by atoms with Gasteiger partial charge >= 0.3 is 0 Å². The second kappa shape index (κ2) is 7.93. The molecule has 1 fully saturated rings. The van der Waals surface area contributed by atoms with E-state index < -0.39 is 0 Å². The molecule has 0 saturated carbocycles. The Bertz CT molecular complexity index is 1110. The van der Waals surface area contributed by atoms with Crippen LogP contribution >= 0.6 is 0 Å². The van der Waals surface area contributed by atoms with Crippen LogP contribution in [-0.2, 0) is 4.74 Å². The zero-order chi connectivity index (χ0) is 20.3. The first-order valence-electron chi connectivity index (χ1n) is 9.71. The first-order valence-corrected chi connectivity index (χ1v) is 9.71. The van der Waals surface area contributed by atoms with Crippen LogP contribution in [0.2, 0.25) is 0 Å². The molecule has 148 valence electrons. The number of rotatable bonds is 6. The third kappa shape index (κ3) is 3.99. The number of ether oxygens (including phenoxy) is 2. The van der Waals surface area contributed by atoms with Gasteiger partial charge in [-0.3, -0.25) is 0 Å². The Kier molecular flexibility index (Phi) is 4.83. The molecule has 2 heterocycles. The summed E-state index contributed by atoms with van der Waals surface area (Å²) in [5, 5.41) is 10.6. The van der Waals surface area contributed by atoms with E-state index in [2.05, 4.69) is 15.0 Å². The van der Waals surface area contributed by atoms with E-state index in [1.54, 1.807) is 18.2 Å². The van der Waals surface area contributed by atoms with Crippen LogP contribution in [0, 0.1) is 0 Å². The van der Waals surface area contributed by atoms with Crippen molar-refractivity contribution in [2.45, 2.75) is 6.10 Å². The summed E-state index contributed by atoms with van der Waals surface area (Å²) in [5.74, 6) is 2.12. The van der Waals surface area contributed by atoms with E-state index in [1.807, 2.05) is 60.7 Å². The first-order chi connectivity index (χ1) is 14.8. The van der Waals surface area contributed by atoms with Crippen molar-refractivity contribution in [1.29, 1.82) is 0 Å². The van der Waals surface area contributed by atoms with Gasteiger partial charge in [0.25, 0.3) is 0 Å². The van der Waals surface area contributed by atoms with E-state index in [1.165, 1.54) is 0 Å². The van der Waals surface area contributed by atoms with Crippen LogP contribution in [0.3, 0.4) is 0 Å². The number of aromatic hydroxyl groups is 1. The molecule has 1 atom stereocenters. The zero-order valence-corrected chi connectivity index (χ0v) is 16.1. The Balaban J connectivity index is 1.57. The monoisotopic (exact) mass is 397 g/mol. The lowest BCUT2D eigenvalue weighted by Crippen LogP contribution is -2.04. The summed E-state index contributed by atoms with van der Waals surface area (Å²) >= 11 is 0. The maximum absolute atomic E-state index is 10.6. The van der Waals surface area contributed by atoms with Crippen molar-refractivity contribution in [3.05, 3.63) is 78.9 Å². The van der Waals surface area contributed by atoms with Gasteiger partial charge in [0.15, 0.2) is 17.5 Å². The minimum absolute atomic E-state index is 0.0495. The molecule has 1 unspecified atom stereocenters. The lowest BCUT2D eigenvalue weighted by Gasteiger charge is -2.10. The number of phenolic OH excluding ortho intramolecular Hbond substituents is 1. The molecule has 6 heteroatoms. The number of hydrogen-bond donors (Lipinski definition) is 1. The molecule has 30 heavy (non-hydrogen) atoms. The van der Waals surface area contributed by atoms with Gasteiger partial charge in [-0.05, 0) is 12.1 Å². The lowest BCUT2D eigenvalue weighted by atomic mass is 10.1. The summed E-state index contributed by atoms with van der Waals surface area (Å²) in [7, 11) is 0. The molecule has 1 aromatic heterocycles. The Labute approximate surface area is 173 Å². The van der Waals surface area contributed by atoms with Crippen molar-refractivity contribution in [2.24, 2.45) is 0 Å². The number of hydrogen-bond acceptors (Lipinski definition) is 6. The van der Waals surface area contributed by atoms with E-state index in [0.29, 0.717) is 35.4 Å². The number of benzene rings is 3. The Morgan fingerprint density at radius 3 is 1.90 bits per heavy atom. The molecule has 3 aromatic carbocycles. The van der Waals surface area contributed by atoms with Gasteiger partial charge in [-0.25, -0.2) is 15.0 Å². The van der Waals surface area contributed by atoms with Crippen LogP contribution < -0.4 is 4.74 Å². The van der Waals surface area contributed by atoms with Gasteiger partial charge in [0, 0.05) is 17.2 Å². The lowest BCUT2D eigenvalue weighted by molar-refractivity contribution is 0.262. The summed E-state index contributed by atoms with van der Waals surface area (Å²) in [6.45, 7) is 1.19. The van der Waals surface area contributed by atoms with Gasteiger partial charge in [-0.15, -0.1) is 0 Å². The van der Waals surface area contributed by atoms with Crippen LogP contribution in [0.25, 0.3) is 34.2 Å². The predicted octanol–water partition coefficient (Wildman–Crippen LogP) is 4.36. The fourth-order valence-electron chi connectivity index (χ4n) is 3.07. The minimum Gasteiger partial charge on any atom is -0.507 e. The molecule has 1 N–H and O–H groups in total. The van der Waals surface area contributed by atoms with Gasteiger partial charge in [-0.1, -0.05) is 60.7 Å². The van der Waals surface area contributed by atoms with E-state index >= 15 is 0 Å². The number of epoxide rings is 1. The van der Waals surface area contributed by atoms with Gasteiger partial charge in [0.1, 0.15) is 24.2 Å². The van der Waals surface area contributed by atoms with Crippen LogP contribution in [0.4, 0.5) is 0 Å². The van der Waals surface area contributed by atoms with Crippen LogP contribution in [0.5, 0.6) is 11.5 Å². The minimum atomic E-state index is 0.0495. The van der Waals surface area contributed by atoms with E-state index in [9.17, 15) is 5.11 Å². The number of phenols is 1. The smallest absolute Gasteiger partial charge is 0.167 e. The fraction of sp³-hybridized carbons (Fsp3) is 0.125. The van der Waals surface area contributed by atoms with Gasteiger partial charge < -0.3 is 14.6 Å². The standard InChI is InChI=1S/C24H19N3O3/c28-21-13-18(29-14-19-15-30-19)11-12-20(21)24-26-22(16-7-3-1-4-8-16)25-23(27-24)17-9-5-2-6-10-17/h1-13,19,28H,14-15H2. The molecule has 0 radical (unpaired) electrons. The molecular weight excluding hydrogens is 378 g/mol. The normalized spacial score (nSPS) is 15.0. The molecule has 0 bridgehead atoms. The third-order valence-corrected chi connectivity index (χ3v) is 4.75. The summed E-state index contributed by atoms with van der Waals surface area (Å²) < 4.78 is 10.8. The quantitative estimate of drug-likeness (QED) is 0.487. The van der Waals surface area contributed by atoms with Crippen LogP contribution in [0.1, 0.15) is 0 Å². The highest BCUT2D eigenvalue weighted by atomic mass is 16.6. The molecule has 0 aliphatic carbocycles. The van der Waals surface area contributed by atoms with Crippen LogP contribution in [-0.4, -0.2) is 39.4 Å². The highest BCUT2D eigenvalue weighted by molar-refractivity contribution is 5.70. The number of nitrogens with zero attached hydrogens (tertiary/aromatic N) is 3. The molecule has 1 aliphatic heterocycles. The van der Waals surface area contributed by atoms with Crippen molar-refractivity contribution in [1.82, 2.24) is 15.0 Å². The third-order valence-electron chi connectivity index (χ3n) is 4.75. The maximum atomic E-state index is 10.6. The molecular formula is C24H19N3O3. The summed E-state index contributed by atoms with van der Waals surface area (Å²) in [4.78, 5) is 13.9. The topological polar surface area (TPSA) is 80.7 Å².